The van der Waals surface area contributed by atoms with Gasteiger partial charge in [-0.05, 0) is 17.7 Å². The Morgan fingerprint density at radius 3 is 2.22 bits per heavy atom. The predicted molar refractivity (Wildman–Crippen MR) is 73.4 cm³/mol. The van der Waals surface area contributed by atoms with Crippen molar-refractivity contribution < 1.29 is 9.53 Å². The Hall–Kier alpha value is -1.74. The van der Waals surface area contributed by atoms with Gasteiger partial charge in [0, 0.05) is 4.90 Å². The zero-order chi connectivity index (χ0) is 12.6. The summed E-state index contributed by atoms with van der Waals surface area (Å²) in [6.45, 7) is 0. The molecule has 0 aliphatic carbocycles. The number of carbonyl (C=O) groups excluding carboxylic acids is 1. The van der Waals surface area contributed by atoms with Crippen molar-refractivity contribution in [3.63, 3.8) is 0 Å². The van der Waals surface area contributed by atoms with Gasteiger partial charge in [-0.15, -0.1) is 0 Å². The fraction of sp³-hybridized carbons (Fsp3) is 0.133. The molecule has 0 aliphatic rings. The van der Waals surface area contributed by atoms with Crippen molar-refractivity contribution in [2.45, 2.75) is 11.3 Å². The first-order valence-electron chi connectivity index (χ1n) is 5.72. The number of benzene rings is 2. The highest BCUT2D eigenvalue weighted by Gasteiger charge is 2.04. The molecule has 18 heavy (non-hydrogen) atoms. The molecule has 0 unspecified atom stereocenters. The molecule has 0 aliphatic heterocycles. The molecule has 2 aromatic rings. The second-order valence-electron chi connectivity index (χ2n) is 3.75. The van der Waals surface area contributed by atoms with Crippen molar-refractivity contribution in [2.75, 3.05) is 5.94 Å². The molecule has 0 bridgehead atoms. The number of hydrogen-bond donors (Lipinski definition) is 0. The van der Waals surface area contributed by atoms with Crippen molar-refractivity contribution in [3.05, 3.63) is 66.2 Å². The summed E-state index contributed by atoms with van der Waals surface area (Å²) < 4.78 is 5.17. The maximum Gasteiger partial charge on any atom is 0.311 e. The second-order valence-corrected chi connectivity index (χ2v) is 4.75. The van der Waals surface area contributed by atoms with E-state index in [-0.39, 0.29) is 5.97 Å². The molecular weight excluding hydrogens is 244 g/mol. The Morgan fingerprint density at radius 1 is 0.944 bits per heavy atom. The molecule has 0 saturated heterocycles. The standard InChI is InChI=1S/C15H14O2S/c16-15(11-13-7-3-1-4-8-13)17-12-18-14-9-5-2-6-10-14/h1-10H,11-12H2. The van der Waals surface area contributed by atoms with Crippen LogP contribution < -0.4 is 0 Å². The molecule has 0 aromatic heterocycles. The van der Waals surface area contributed by atoms with E-state index in [0.29, 0.717) is 12.4 Å². The molecular formula is C15H14O2S. The largest absolute Gasteiger partial charge is 0.454 e. The van der Waals surface area contributed by atoms with Crippen LogP contribution in [0.2, 0.25) is 0 Å². The smallest absolute Gasteiger partial charge is 0.311 e. The van der Waals surface area contributed by atoms with Crippen LogP contribution in [0.25, 0.3) is 0 Å². The Bertz CT molecular complexity index is 482. The quantitative estimate of drug-likeness (QED) is 0.466. The van der Waals surface area contributed by atoms with Crippen molar-refractivity contribution in [1.82, 2.24) is 0 Å². The average Bonchev–Trinajstić information content (AvgIpc) is 2.41. The van der Waals surface area contributed by atoms with Crippen LogP contribution in [0.1, 0.15) is 5.56 Å². The van der Waals surface area contributed by atoms with Gasteiger partial charge < -0.3 is 4.74 Å². The number of thioether (sulfide) groups is 1. The van der Waals surface area contributed by atoms with Crippen LogP contribution in [0, 0.1) is 0 Å². The van der Waals surface area contributed by atoms with E-state index < -0.39 is 0 Å². The highest BCUT2D eigenvalue weighted by molar-refractivity contribution is 7.99. The Labute approximate surface area is 111 Å². The Kier molecular flexibility index (Phi) is 4.85. The van der Waals surface area contributed by atoms with Gasteiger partial charge >= 0.3 is 5.97 Å². The lowest BCUT2D eigenvalue weighted by Crippen LogP contribution is -2.07. The third-order valence-corrected chi connectivity index (χ3v) is 3.22. The number of carbonyl (C=O) groups is 1. The van der Waals surface area contributed by atoms with E-state index in [1.54, 1.807) is 0 Å². The first-order chi connectivity index (χ1) is 8.84. The summed E-state index contributed by atoms with van der Waals surface area (Å²) in [5.74, 6) is 0.167. The molecule has 0 saturated carbocycles. The monoisotopic (exact) mass is 258 g/mol. The minimum absolute atomic E-state index is 0.190. The molecule has 92 valence electrons. The lowest BCUT2D eigenvalue weighted by Gasteiger charge is -2.04. The van der Waals surface area contributed by atoms with Crippen molar-refractivity contribution in [1.29, 1.82) is 0 Å². The van der Waals surface area contributed by atoms with E-state index in [9.17, 15) is 4.79 Å². The summed E-state index contributed by atoms with van der Waals surface area (Å²) in [4.78, 5) is 12.7. The number of esters is 1. The van der Waals surface area contributed by atoms with Crippen molar-refractivity contribution >= 4 is 17.7 Å². The summed E-state index contributed by atoms with van der Waals surface area (Å²) in [6, 6.07) is 19.5. The van der Waals surface area contributed by atoms with E-state index in [1.807, 2.05) is 60.7 Å². The third-order valence-electron chi connectivity index (χ3n) is 2.38. The summed E-state index contributed by atoms with van der Waals surface area (Å²) >= 11 is 1.52. The molecule has 0 fully saturated rings. The molecule has 0 atom stereocenters. The minimum atomic E-state index is -0.190. The van der Waals surface area contributed by atoms with Gasteiger partial charge in [0.1, 0.15) is 5.94 Å². The molecule has 2 nitrogen and oxygen atoms in total. The summed E-state index contributed by atoms with van der Waals surface area (Å²) in [7, 11) is 0. The van der Waals surface area contributed by atoms with Gasteiger partial charge in [-0.25, -0.2) is 0 Å². The van der Waals surface area contributed by atoms with Crippen LogP contribution in [0.15, 0.2) is 65.6 Å². The maximum atomic E-state index is 11.6. The van der Waals surface area contributed by atoms with Crippen LogP contribution in [0.3, 0.4) is 0 Å². The van der Waals surface area contributed by atoms with Gasteiger partial charge in [0.15, 0.2) is 0 Å². The zero-order valence-electron chi connectivity index (χ0n) is 9.91. The highest BCUT2D eigenvalue weighted by atomic mass is 32.2. The lowest BCUT2D eigenvalue weighted by molar-refractivity contribution is -0.140. The van der Waals surface area contributed by atoms with Crippen molar-refractivity contribution in [2.24, 2.45) is 0 Å². The maximum absolute atomic E-state index is 11.6. The van der Waals surface area contributed by atoms with Gasteiger partial charge in [-0.3, -0.25) is 4.79 Å². The molecule has 0 N–H and O–H groups in total. The normalized spacial score (nSPS) is 10.0. The number of rotatable bonds is 5. The van der Waals surface area contributed by atoms with Gasteiger partial charge in [-0.1, -0.05) is 60.3 Å². The molecule has 0 radical (unpaired) electrons. The van der Waals surface area contributed by atoms with Crippen LogP contribution >= 0.6 is 11.8 Å². The van der Waals surface area contributed by atoms with Crippen LogP contribution in [-0.4, -0.2) is 11.9 Å². The van der Waals surface area contributed by atoms with E-state index in [4.69, 9.17) is 4.74 Å². The first kappa shape index (κ1) is 12.7. The van der Waals surface area contributed by atoms with Gasteiger partial charge in [0.05, 0.1) is 6.42 Å². The van der Waals surface area contributed by atoms with Crippen LogP contribution in [-0.2, 0) is 16.0 Å². The highest BCUT2D eigenvalue weighted by Crippen LogP contribution is 2.17. The predicted octanol–water partition coefficient (Wildman–Crippen LogP) is 3.52. The molecule has 2 rings (SSSR count). The van der Waals surface area contributed by atoms with Crippen LogP contribution in [0.4, 0.5) is 0 Å². The fourth-order valence-electron chi connectivity index (χ4n) is 1.49. The van der Waals surface area contributed by atoms with Gasteiger partial charge in [0.2, 0.25) is 0 Å². The van der Waals surface area contributed by atoms with E-state index in [1.165, 1.54) is 11.8 Å². The number of ether oxygens (including phenoxy) is 1. The second kappa shape index (κ2) is 6.87. The minimum Gasteiger partial charge on any atom is -0.454 e. The summed E-state index contributed by atoms with van der Waals surface area (Å²) in [5, 5.41) is 0. The van der Waals surface area contributed by atoms with Crippen molar-refractivity contribution in [3.8, 4) is 0 Å². The lowest BCUT2D eigenvalue weighted by atomic mass is 10.2. The third kappa shape index (κ3) is 4.26. The van der Waals surface area contributed by atoms with E-state index in [2.05, 4.69) is 0 Å². The molecule has 3 heteroatoms. The SMILES string of the molecule is O=C(Cc1ccccc1)OCSc1ccccc1. The fourth-order valence-corrected chi connectivity index (χ4v) is 2.17. The summed E-state index contributed by atoms with van der Waals surface area (Å²) in [5.41, 5.74) is 0.979. The Balaban J connectivity index is 1.73. The zero-order valence-corrected chi connectivity index (χ0v) is 10.7. The average molecular weight is 258 g/mol. The Morgan fingerprint density at radius 2 is 1.56 bits per heavy atom. The van der Waals surface area contributed by atoms with Gasteiger partial charge in [-0.2, -0.15) is 0 Å². The topological polar surface area (TPSA) is 26.3 Å². The van der Waals surface area contributed by atoms with E-state index in [0.717, 1.165) is 10.5 Å². The molecule has 0 heterocycles. The van der Waals surface area contributed by atoms with Crippen LogP contribution in [0.5, 0.6) is 0 Å². The van der Waals surface area contributed by atoms with E-state index >= 15 is 0 Å². The first-order valence-corrected chi connectivity index (χ1v) is 6.70. The molecule has 0 amide bonds. The molecule has 0 spiro atoms. The van der Waals surface area contributed by atoms with Gasteiger partial charge in [0.25, 0.3) is 0 Å². The number of hydrogen-bond acceptors (Lipinski definition) is 3. The molecule has 2 aromatic carbocycles. The summed E-state index contributed by atoms with van der Waals surface area (Å²) in [6.07, 6.45) is 0.330.